The lowest BCUT2D eigenvalue weighted by Crippen LogP contribution is -2.31. The van der Waals surface area contributed by atoms with Crippen molar-refractivity contribution in [1.29, 1.82) is 0 Å². The first-order valence-electron chi connectivity index (χ1n) is 23.8. The van der Waals surface area contributed by atoms with Crippen molar-refractivity contribution < 1.29 is 24.2 Å². The van der Waals surface area contributed by atoms with Crippen LogP contribution in [0.3, 0.4) is 0 Å². The number of carbonyl (C=O) groups excluding carboxylic acids is 2. The lowest BCUT2D eigenvalue weighted by Gasteiger charge is -2.27. The highest BCUT2D eigenvalue weighted by Gasteiger charge is 2.31. The van der Waals surface area contributed by atoms with Crippen molar-refractivity contribution in [1.82, 2.24) is 4.90 Å². The molecule has 0 amide bonds. The van der Waals surface area contributed by atoms with Crippen LogP contribution in [0.2, 0.25) is 0 Å². The van der Waals surface area contributed by atoms with E-state index in [0.29, 0.717) is 6.61 Å². The van der Waals surface area contributed by atoms with Crippen LogP contribution in [-0.4, -0.2) is 60.9 Å². The van der Waals surface area contributed by atoms with Gasteiger partial charge in [-0.15, -0.1) is 0 Å². The van der Waals surface area contributed by atoms with Crippen LogP contribution in [0.5, 0.6) is 0 Å². The van der Waals surface area contributed by atoms with Gasteiger partial charge in [0.25, 0.3) is 0 Å². The van der Waals surface area contributed by atoms with Crippen LogP contribution in [-0.2, 0) is 19.1 Å². The van der Waals surface area contributed by atoms with E-state index >= 15 is 0 Å². The second-order valence-corrected chi connectivity index (χ2v) is 18.1. The highest BCUT2D eigenvalue weighted by Crippen LogP contribution is 2.29. The summed E-state index contributed by atoms with van der Waals surface area (Å²) in [6.45, 7) is 18.6. The summed E-state index contributed by atoms with van der Waals surface area (Å²) in [4.78, 5) is 28.3. The van der Waals surface area contributed by atoms with Gasteiger partial charge in [-0.25, -0.2) is 0 Å². The molecule has 0 fully saturated rings. The number of aliphatic hydroxyl groups excluding tert-OH is 1. The second kappa shape index (κ2) is 36.2. The number of hydrogen-bond acceptors (Lipinski definition) is 6. The summed E-state index contributed by atoms with van der Waals surface area (Å²) in [5, 5.41) is 9.64. The zero-order valence-electron chi connectivity index (χ0n) is 37.6. The first-order valence-corrected chi connectivity index (χ1v) is 23.8. The topological polar surface area (TPSA) is 76.1 Å². The van der Waals surface area contributed by atoms with Crippen LogP contribution >= 0.6 is 0 Å². The van der Waals surface area contributed by atoms with Gasteiger partial charge in [0.15, 0.2) is 0 Å². The molecular formula is C48H95NO5. The highest BCUT2D eigenvalue weighted by molar-refractivity contribution is 5.76. The summed E-state index contributed by atoms with van der Waals surface area (Å²) in [7, 11) is 0. The van der Waals surface area contributed by atoms with Gasteiger partial charge < -0.3 is 19.5 Å². The third-order valence-electron chi connectivity index (χ3n) is 11.6. The fourth-order valence-corrected chi connectivity index (χ4v) is 7.49. The number of unbranched alkanes of at least 4 members (excludes halogenated alkanes) is 22. The van der Waals surface area contributed by atoms with Gasteiger partial charge in [-0.2, -0.15) is 0 Å². The monoisotopic (exact) mass is 766 g/mol. The number of ether oxygens (including phenoxy) is 2. The normalized spacial score (nSPS) is 12.3. The summed E-state index contributed by atoms with van der Waals surface area (Å²) in [5.41, 5.74) is -0.821. The summed E-state index contributed by atoms with van der Waals surface area (Å²) in [5.74, 6) is -0.0298. The molecule has 0 unspecified atom stereocenters. The molecule has 54 heavy (non-hydrogen) atoms. The lowest BCUT2D eigenvalue weighted by molar-refractivity contribution is -0.161. The average Bonchev–Trinajstić information content (AvgIpc) is 3.14. The third-order valence-corrected chi connectivity index (χ3v) is 11.6. The lowest BCUT2D eigenvalue weighted by atomic mass is 9.86. The van der Waals surface area contributed by atoms with E-state index < -0.39 is 5.41 Å². The SMILES string of the molecule is CCCCCCCCC(CCCCCCCC)OC(=O)C(C)(C)CCCCCCN(CCO)CCCCCCCCC(C)(C)C(=O)OCCCCCCC. The minimum Gasteiger partial charge on any atom is -0.465 e. The van der Waals surface area contributed by atoms with E-state index in [0.717, 1.165) is 90.3 Å². The Labute approximate surface area is 337 Å². The first-order chi connectivity index (χ1) is 26.0. The van der Waals surface area contributed by atoms with Crippen molar-refractivity contribution in [2.45, 2.75) is 254 Å². The molecule has 6 nitrogen and oxygen atoms in total. The molecule has 0 aliphatic carbocycles. The van der Waals surface area contributed by atoms with Gasteiger partial charge in [-0.1, -0.05) is 162 Å². The molecule has 0 rings (SSSR count). The van der Waals surface area contributed by atoms with Crippen molar-refractivity contribution >= 4 is 11.9 Å². The summed E-state index contributed by atoms with van der Waals surface area (Å²) in [6, 6.07) is 0. The maximum atomic E-state index is 13.4. The maximum absolute atomic E-state index is 13.4. The molecule has 0 aliphatic heterocycles. The number of esters is 2. The van der Waals surface area contributed by atoms with E-state index in [4.69, 9.17) is 9.47 Å². The van der Waals surface area contributed by atoms with Crippen LogP contribution in [0.25, 0.3) is 0 Å². The molecule has 0 aliphatic rings. The minimum atomic E-state index is -0.432. The Hall–Kier alpha value is -1.14. The Morgan fingerprint density at radius 2 is 0.852 bits per heavy atom. The molecule has 1 N–H and O–H groups in total. The van der Waals surface area contributed by atoms with Crippen molar-refractivity contribution in [2.24, 2.45) is 10.8 Å². The fraction of sp³-hybridized carbons (Fsp3) is 0.958. The Bertz CT molecular complexity index is 827. The van der Waals surface area contributed by atoms with E-state index in [-0.39, 0.29) is 30.1 Å². The van der Waals surface area contributed by atoms with Crippen LogP contribution in [0.4, 0.5) is 0 Å². The third kappa shape index (κ3) is 31.0. The number of aliphatic hydroxyl groups is 1. The summed E-state index contributed by atoms with van der Waals surface area (Å²) in [6.07, 6.45) is 36.6. The van der Waals surface area contributed by atoms with Crippen LogP contribution in [0.1, 0.15) is 248 Å². The highest BCUT2D eigenvalue weighted by atomic mass is 16.5. The molecule has 0 atom stereocenters. The molecule has 0 saturated carbocycles. The summed E-state index contributed by atoms with van der Waals surface area (Å²) >= 11 is 0. The molecule has 322 valence electrons. The smallest absolute Gasteiger partial charge is 0.311 e. The van der Waals surface area contributed by atoms with Crippen LogP contribution in [0, 0.1) is 10.8 Å². The minimum absolute atomic E-state index is 0.00549. The number of rotatable bonds is 41. The quantitative estimate of drug-likeness (QED) is 0.0493. The number of nitrogens with zero attached hydrogens (tertiary/aromatic N) is 1. The Morgan fingerprint density at radius 3 is 1.30 bits per heavy atom. The van der Waals surface area contributed by atoms with Crippen molar-refractivity contribution in [3.05, 3.63) is 0 Å². The molecule has 0 saturated heterocycles. The molecule has 0 bridgehead atoms. The van der Waals surface area contributed by atoms with Crippen LogP contribution < -0.4 is 0 Å². The largest absolute Gasteiger partial charge is 0.465 e. The van der Waals surface area contributed by atoms with Gasteiger partial charge in [-0.3, -0.25) is 9.59 Å². The molecule has 0 aromatic heterocycles. The van der Waals surface area contributed by atoms with Crippen LogP contribution in [0.15, 0.2) is 0 Å². The van der Waals surface area contributed by atoms with E-state index in [1.165, 1.54) is 128 Å². The van der Waals surface area contributed by atoms with Gasteiger partial charge in [0.2, 0.25) is 0 Å². The van der Waals surface area contributed by atoms with Gasteiger partial charge in [0.05, 0.1) is 24.0 Å². The zero-order valence-corrected chi connectivity index (χ0v) is 37.6. The molecule has 0 heterocycles. The number of hydrogen-bond donors (Lipinski definition) is 1. The standard InChI is InChI=1S/C48H95NO5/c1-8-11-14-17-21-28-35-44(36-29-22-18-15-12-9-2)54-46(52)48(6,7)38-31-24-26-33-40-49(41-42-50)39-32-25-20-19-23-30-37-47(4,5)45(51)53-43-34-27-16-13-10-3/h44,50H,8-43H2,1-7H3. The van der Waals surface area contributed by atoms with E-state index in [9.17, 15) is 14.7 Å². The van der Waals surface area contributed by atoms with E-state index in [1.54, 1.807) is 0 Å². The molecule has 0 aromatic carbocycles. The van der Waals surface area contributed by atoms with Crippen molar-refractivity contribution in [2.75, 3.05) is 32.8 Å². The first kappa shape index (κ1) is 52.9. The fourth-order valence-electron chi connectivity index (χ4n) is 7.49. The molecule has 0 radical (unpaired) electrons. The predicted octanol–water partition coefficient (Wildman–Crippen LogP) is 13.9. The maximum Gasteiger partial charge on any atom is 0.311 e. The number of carbonyl (C=O) groups is 2. The van der Waals surface area contributed by atoms with E-state index in [1.807, 2.05) is 13.8 Å². The average molecular weight is 766 g/mol. The van der Waals surface area contributed by atoms with Gasteiger partial charge in [0, 0.05) is 6.54 Å². The Kier molecular flexibility index (Phi) is 35.5. The van der Waals surface area contributed by atoms with Crippen molar-refractivity contribution in [3.63, 3.8) is 0 Å². The Morgan fingerprint density at radius 1 is 0.481 bits per heavy atom. The molecule has 0 aromatic rings. The Balaban J connectivity index is 4.28. The van der Waals surface area contributed by atoms with Gasteiger partial charge in [0.1, 0.15) is 6.10 Å². The predicted molar refractivity (Wildman–Crippen MR) is 232 cm³/mol. The van der Waals surface area contributed by atoms with Gasteiger partial charge >= 0.3 is 11.9 Å². The summed E-state index contributed by atoms with van der Waals surface area (Å²) < 4.78 is 11.8. The van der Waals surface area contributed by atoms with E-state index in [2.05, 4.69) is 39.5 Å². The molecule has 6 heteroatoms. The van der Waals surface area contributed by atoms with Gasteiger partial charge in [-0.05, 0) is 98.6 Å². The molecule has 0 spiro atoms. The molecular weight excluding hydrogens is 671 g/mol. The van der Waals surface area contributed by atoms with Crippen molar-refractivity contribution in [3.8, 4) is 0 Å². The second-order valence-electron chi connectivity index (χ2n) is 18.1. The zero-order chi connectivity index (χ0) is 40.2.